The van der Waals surface area contributed by atoms with Gasteiger partial charge in [0.15, 0.2) is 0 Å². The molecule has 1 aromatic carbocycles. The van der Waals surface area contributed by atoms with Crippen LogP contribution in [0.2, 0.25) is 0 Å². The number of hydrogen-bond acceptors (Lipinski definition) is 4. The van der Waals surface area contributed by atoms with Crippen molar-refractivity contribution in [2.24, 2.45) is 0 Å². The molecule has 3 aromatic rings. The van der Waals surface area contributed by atoms with E-state index in [1.54, 1.807) is 6.92 Å². The summed E-state index contributed by atoms with van der Waals surface area (Å²) in [6, 6.07) is 2.67. The van der Waals surface area contributed by atoms with Crippen LogP contribution in [0.15, 0.2) is 29.0 Å². The summed E-state index contributed by atoms with van der Waals surface area (Å²) in [6.07, 6.45) is 2.89. The van der Waals surface area contributed by atoms with E-state index in [9.17, 15) is 9.18 Å². The highest BCUT2D eigenvalue weighted by Gasteiger charge is 2.13. The molecule has 0 aliphatic heterocycles. The van der Waals surface area contributed by atoms with E-state index in [1.807, 2.05) is 0 Å². The standard InChI is InChI=1S/C13H10BrFN4O2/c1-2-21-12(20)7-5-16-19(6-7)13-17-10-4-8(15)3-9(14)11(10)18-13/h3-6H,2H2,1H3,(H,17,18). The van der Waals surface area contributed by atoms with E-state index in [0.29, 0.717) is 33.6 Å². The van der Waals surface area contributed by atoms with E-state index >= 15 is 0 Å². The second kappa shape index (κ2) is 5.28. The molecule has 0 bridgehead atoms. The number of rotatable bonds is 3. The molecule has 0 unspecified atom stereocenters. The van der Waals surface area contributed by atoms with E-state index < -0.39 is 5.97 Å². The van der Waals surface area contributed by atoms with Crippen molar-refractivity contribution in [3.63, 3.8) is 0 Å². The zero-order chi connectivity index (χ0) is 15.0. The maximum atomic E-state index is 13.3. The summed E-state index contributed by atoms with van der Waals surface area (Å²) < 4.78 is 20.2. The first-order chi connectivity index (χ1) is 10.1. The summed E-state index contributed by atoms with van der Waals surface area (Å²) in [4.78, 5) is 18.9. The Bertz CT molecular complexity index is 827. The van der Waals surface area contributed by atoms with Crippen LogP contribution in [0.3, 0.4) is 0 Å². The first kappa shape index (κ1) is 13.7. The molecule has 0 saturated heterocycles. The van der Waals surface area contributed by atoms with E-state index in [-0.39, 0.29) is 5.82 Å². The van der Waals surface area contributed by atoms with Gasteiger partial charge >= 0.3 is 5.97 Å². The summed E-state index contributed by atoms with van der Waals surface area (Å²) in [6.45, 7) is 2.02. The normalized spacial score (nSPS) is 11.0. The lowest BCUT2D eigenvalue weighted by Gasteiger charge is -1.96. The predicted molar refractivity (Wildman–Crippen MR) is 76.8 cm³/mol. The number of benzene rings is 1. The fraction of sp³-hybridized carbons (Fsp3) is 0.154. The zero-order valence-corrected chi connectivity index (χ0v) is 12.5. The molecule has 8 heteroatoms. The Balaban J connectivity index is 2.01. The first-order valence-corrected chi connectivity index (χ1v) is 6.94. The topological polar surface area (TPSA) is 72.8 Å². The van der Waals surface area contributed by atoms with Crippen LogP contribution >= 0.6 is 15.9 Å². The van der Waals surface area contributed by atoms with Crippen LogP contribution < -0.4 is 0 Å². The molecule has 108 valence electrons. The quantitative estimate of drug-likeness (QED) is 0.735. The summed E-state index contributed by atoms with van der Waals surface area (Å²) in [5.41, 5.74) is 1.44. The van der Waals surface area contributed by atoms with E-state index in [4.69, 9.17) is 4.74 Å². The number of halogens is 2. The van der Waals surface area contributed by atoms with Crippen LogP contribution in [-0.2, 0) is 4.74 Å². The molecule has 0 atom stereocenters. The number of hydrogen-bond donors (Lipinski definition) is 1. The summed E-state index contributed by atoms with van der Waals surface area (Å²) in [7, 11) is 0. The molecule has 21 heavy (non-hydrogen) atoms. The van der Waals surface area contributed by atoms with Gasteiger partial charge in [-0.3, -0.25) is 0 Å². The van der Waals surface area contributed by atoms with Crippen molar-refractivity contribution in [1.82, 2.24) is 19.7 Å². The molecule has 0 aliphatic carbocycles. The third-order valence-electron chi connectivity index (χ3n) is 2.80. The molecule has 0 amide bonds. The fourth-order valence-corrected chi connectivity index (χ4v) is 2.42. The largest absolute Gasteiger partial charge is 0.462 e. The van der Waals surface area contributed by atoms with Gasteiger partial charge in [0.25, 0.3) is 0 Å². The second-order valence-corrected chi connectivity index (χ2v) is 5.09. The minimum Gasteiger partial charge on any atom is -0.462 e. The van der Waals surface area contributed by atoms with E-state index in [0.717, 1.165) is 0 Å². The molecular weight excluding hydrogens is 343 g/mol. The Morgan fingerprint density at radius 3 is 3.10 bits per heavy atom. The Morgan fingerprint density at radius 1 is 1.52 bits per heavy atom. The summed E-state index contributed by atoms with van der Waals surface area (Å²) in [5.74, 6) is -0.448. The third-order valence-corrected chi connectivity index (χ3v) is 3.41. The van der Waals surface area contributed by atoms with E-state index in [1.165, 1.54) is 29.2 Å². The molecule has 1 N–H and O–H groups in total. The molecule has 0 spiro atoms. The third kappa shape index (κ3) is 2.54. The highest BCUT2D eigenvalue weighted by molar-refractivity contribution is 9.10. The molecule has 0 aliphatic rings. The van der Waals surface area contributed by atoms with Crippen LogP contribution in [0.4, 0.5) is 4.39 Å². The van der Waals surface area contributed by atoms with Crippen molar-refractivity contribution in [1.29, 1.82) is 0 Å². The predicted octanol–water partition coefficient (Wildman–Crippen LogP) is 2.83. The van der Waals surface area contributed by atoms with Crippen LogP contribution in [0, 0.1) is 5.82 Å². The highest BCUT2D eigenvalue weighted by Crippen LogP contribution is 2.24. The van der Waals surface area contributed by atoms with Crippen LogP contribution in [0.5, 0.6) is 0 Å². The number of nitrogens with zero attached hydrogens (tertiary/aromatic N) is 3. The minimum atomic E-state index is -0.452. The van der Waals surface area contributed by atoms with Gasteiger partial charge in [-0.2, -0.15) is 5.10 Å². The fourth-order valence-electron chi connectivity index (χ4n) is 1.90. The monoisotopic (exact) mass is 352 g/mol. The van der Waals surface area contributed by atoms with Crippen LogP contribution in [-0.4, -0.2) is 32.3 Å². The molecular formula is C13H10BrFN4O2. The van der Waals surface area contributed by atoms with Crippen molar-refractivity contribution >= 4 is 32.9 Å². The molecule has 3 rings (SSSR count). The van der Waals surface area contributed by atoms with E-state index in [2.05, 4.69) is 31.0 Å². The van der Waals surface area contributed by atoms with Crippen molar-refractivity contribution in [2.75, 3.05) is 6.61 Å². The first-order valence-electron chi connectivity index (χ1n) is 6.15. The number of H-pyrrole nitrogens is 1. The molecule has 0 saturated carbocycles. The van der Waals surface area contributed by atoms with Gasteiger partial charge in [-0.25, -0.2) is 18.9 Å². The van der Waals surface area contributed by atoms with Crippen molar-refractivity contribution in [3.05, 3.63) is 40.4 Å². The molecule has 2 heterocycles. The number of carbonyl (C=O) groups is 1. The summed E-state index contributed by atoms with van der Waals surface area (Å²) >= 11 is 3.26. The number of ether oxygens (including phenoxy) is 1. The molecule has 0 fully saturated rings. The Morgan fingerprint density at radius 2 is 2.33 bits per heavy atom. The molecule has 0 radical (unpaired) electrons. The molecule has 6 nitrogen and oxygen atoms in total. The number of aromatic nitrogens is 4. The van der Waals surface area contributed by atoms with Gasteiger partial charge < -0.3 is 9.72 Å². The van der Waals surface area contributed by atoms with Crippen LogP contribution in [0.1, 0.15) is 17.3 Å². The lowest BCUT2D eigenvalue weighted by atomic mass is 10.3. The number of aromatic amines is 1. The van der Waals surface area contributed by atoms with Gasteiger partial charge in [-0.05, 0) is 35.0 Å². The Hall–Kier alpha value is -2.22. The smallest absolute Gasteiger partial charge is 0.341 e. The van der Waals surface area contributed by atoms with Gasteiger partial charge in [0.2, 0.25) is 5.95 Å². The highest BCUT2D eigenvalue weighted by atomic mass is 79.9. The second-order valence-electron chi connectivity index (χ2n) is 4.24. The number of fused-ring (bicyclic) bond motifs is 1. The Kier molecular flexibility index (Phi) is 3.46. The maximum absolute atomic E-state index is 13.3. The average molecular weight is 353 g/mol. The Labute approximate surface area is 127 Å². The van der Waals surface area contributed by atoms with Crippen LogP contribution in [0.25, 0.3) is 17.0 Å². The van der Waals surface area contributed by atoms with Gasteiger partial charge in [-0.15, -0.1) is 0 Å². The van der Waals surface area contributed by atoms with Gasteiger partial charge in [0.1, 0.15) is 11.3 Å². The summed E-state index contributed by atoms with van der Waals surface area (Å²) in [5, 5.41) is 4.05. The van der Waals surface area contributed by atoms with Gasteiger partial charge in [0.05, 0.1) is 23.9 Å². The number of nitrogens with one attached hydrogen (secondary N) is 1. The number of esters is 1. The van der Waals surface area contributed by atoms with Gasteiger partial charge in [0, 0.05) is 10.7 Å². The zero-order valence-electron chi connectivity index (χ0n) is 10.9. The minimum absolute atomic E-state index is 0.293. The van der Waals surface area contributed by atoms with Crippen molar-refractivity contribution in [3.8, 4) is 5.95 Å². The van der Waals surface area contributed by atoms with Crippen molar-refractivity contribution in [2.45, 2.75) is 6.92 Å². The number of imidazole rings is 1. The number of carbonyl (C=O) groups excluding carboxylic acids is 1. The average Bonchev–Trinajstić information content (AvgIpc) is 3.04. The molecule has 2 aromatic heterocycles. The lowest BCUT2D eigenvalue weighted by molar-refractivity contribution is 0.0526. The van der Waals surface area contributed by atoms with Crippen molar-refractivity contribution < 1.29 is 13.9 Å². The SMILES string of the molecule is CCOC(=O)c1cnn(-c2nc3c(Br)cc(F)cc3[nH]2)c1. The maximum Gasteiger partial charge on any atom is 0.341 e. The van der Waals surface area contributed by atoms with Gasteiger partial charge in [-0.1, -0.05) is 0 Å². The lowest BCUT2D eigenvalue weighted by Crippen LogP contribution is -2.03.